The van der Waals surface area contributed by atoms with Crippen LogP contribution in [-0.2, 0) is 18.1 Å². The fourth-order valence-corrected chi connectivity index (χ4v) is 4.21. The topological polar surface area (TPSA) is 44.8 Å². The maximum atomic E-state index is 12.9. The van der Waals surface area contributed by atoms with E-state index in [1.165, 1.54) is 0 Å². The Morgan fingerprint density at radius 3 is 1.36 bits per heavy atom. The minimum Gasteiger partial charge on any atom is -0.287 e. The Morgan fingerprint density at radius 1 is 0.727 bits per heavy atom. The second kappa shape index (κ2) is 12.5. The smallest absolute Gasteiger partial charge is 0.287 e. The van der Waals surface area contributed by atoms with E-state index in [0.29, 0.717) is 13.2 Å². The number of hydrogen-bond acceptors (Lipinski definition) is 4. The van der Waals surface area contributed by atoms with Gasteiger partial charge < -0.3 is 0 Å². The van der Waals surface area contributed by atoms with Crippen LogP contribution in [0.2, 0.25) is 0 Å². The number of phosphoric acid groups is 1. The molecule has 134 valence electrons. The second-order valence-corrected chi connectivity index (χ2v) is 7.46. The maximum absolute atomic E-state index is 12.9. The first-order valence-corrected chi connectivity index (χ1v) is 10.6. The van der Waals surface area contributed by atoms with Gasteiger partial charge in [-0.05, 0) is 33.1 Å². The Morgan fingerprint density at radius 2 is 1.09 bits per heavy atom. The van der Waals surface area contributed by atoms with Crippen molar-refractivity contribution >= 4 is 7.82 Å². The van der Waals surface area contributed by atoms with Crippen LogP contribution >= 0.6 is 7.82 Å². The number of rotatable bonds is 15. The lowest BCUT2D eigenvalue weighted by atomic mass is 9.86. The normalized spacial score (nSPS) is 12.8. The molecule has 0 aromatic carbocycles. The van der Waals surface area contributed by atoms with Gasteiger partial charge in [0.25, 0.3) is 0 Å². The predicted octanol–water partition coefficient (Wildman–Crippen LogP) is 6.49. The summed E-state index contributed by atoms with van der Waals surface area (Å²) >= 11 is 0. The lowest BCUT2D eigenvalue weighted by Crippen LogP contribution is -2.32. The summed E-state index contributed by atoms with van der Waals surface area (Å²) in [5.41, 5.74) is -0.373. The van der Waals surface area contributed by atoms with E-state index in [9.17, 15) is 4.57 Å². The van der Waals surface area contributed by atoms with Crippen molar-refractivity contribution in [2.45, 2.75) is 98.0 Å². The van der Waals surface area contributed by atoms with Crippen molar-refractivity contribution in [3.63, 3.8) is 0 Å². The molecule has 0 saturated carbocycles. The highest BCUT2D eigenvalue weighted by Crippen LogP contribution is 2.55. The zero-order valence-corrected chi connectivity index (χ0v) is 16.3. The van der Waals surface area contributed by atoms with Gasteiger partial charge >= 0.3 is 7.82 Å². The van der Waals surface area contributed by atoms with Crippen LogP contribution < -0.4 is 0 Å². The van der Waals surface area contributed by atoms with Crippen molar-refractivity contribution in [1.29, 1.82) is 0 Å². The highest BCUT2D eigenvalue weighted by atomic mass is 31.2. The van der Waals surface area contributed by atoms with Gasteiger partial charge in [0.05, 0.1) is 18.8 Å². The summed E-state index contributed by atoms with van der Waals surface area (Å²) in [6, 6.07) is 0. The SMILES string of the molecule is CCCCC(CCCC)(CCCC)OP(=O)(OCC)OCC. The molecule has 22 heavy (non-hydrogen) atoms. The Labute approximate surface area is 137 Å². The first-order chi connectivity index (χ1) is 10.5. The van der Waals surface area contributed by atoms with E-state index in [-0.39, 0.29) is 5.60 Å². The highest BCUT2D eigenvalue weighted by molar-refractivity contribution is 7.48. The zero-order valence-electron chi connectivity index (χ0n) is 15.4. The molecule has 0 aromatic heterocycles. The summed E-state index contributed by atoms with van der Waals surface area (Å²) in [4.78, 5) is 0. The van der Waals surface area contributed by atoms with Gasteiger partial charge in [0.2, 0.25) is 0 Å². The molecule has 0 aliphatic carbocycles. The van der Waals surface area contributed by atoms with Crippen molar-refractivity contribution in [3.05, 3.63) is 0 Å². The van der Waals surface area contributed by atoms with Gasteiger partial charge in [0, 0.05) is 0 Å². The summed E-state index contributed by atoms with van der Waals surface area (Å²) in [5, 5.41) is 0. The molecule has 0 spiro atoms. The predicted molar refractivity (Wildman–Crippen MR) is 93.2 cm³/mol. The molecule has 0 N–H and O–H groups in total. The Bertz CT molecular complexity index is 275. The molecule has 5 heteroatoms. The summed E-state index contributed by atoms with van der Waals surface area (Å²) < 4.78 is 29.7. The first kappa shape index (κ1) is 22.1. The zero-order chi connectivity index (χ0) is 16.9. The van der Waals surface area contributed by atoms with Crippen molar-refractivity contribution in [3.8, 4) is 0 Å². The summed E-state index contributed by atoms with van der Waals surface area (Å²) in [6.45, 7) is 10.8. The summed E-state index contributed by atoms with van der Waals surface area (Å²) in [6.07, 6.45) is 9.32. The van der Waals surface area contributed by atoms with E-state index in [2.05, 4.69) is 20.8 Å². The van der Waals surface area contributed by atoms with Crippen LogP contribution in [0, 0.1) is 0 Å². The van der Waals surface area contributed by atoms with Crippen LogP contribution in [-0.4, -0.2) is 18.8 Å². The first-order valence-electron chi connectivity index (χ1n) is 9.11. The molecule has 0 atom stereocenters. The lowest BCUT2D eigenvalue weighted by molar-refractivity contribution is -0.0111. The van der Waals surface area contributed by atoms with Crippen molar-refractivity contribution in [2.75, 3.05) is 13.2 Å². The Balaban J connectivity index is 5.21. The number of hydrogen-bond donors (Lipinski definition) is 0. The maximum Gasteiger partial charge on any atom is 0.475 e. The minimum absolute atomic E-state index is 0.336. The molecule has 4 nitrogen and oxygen atoms in total. The monoisotopic (exact) mass is 336 g/mol. The van der Waals surface area contributed by atoms with Crippen LogP contribution in [0.4, 0.5) is 0 Å². The van der Waals surface area contributed by atoms with E-state index in [1.54, 1.807) is 0 Å². The highest BCUT2D eigenvalue weighted by Gasteiger charge is 2.39. The molecule has 0 heterocycles. The van der Waals surface area contributed by atoms with Gasteiger partial charge in [-0.2, -0.15) is 0 Å². The van der Waals surface area contributed by atoms with Crippen LogP contribution in [0.3, 0.4) is 0 Å². The minimum atomic E-state index is -3.46. The standard InChI is InChI=1S/C17H37O4P/c1-6-11-14-17(15-12-7-2,16-13-8-3)21-22(18,19-9-4)20-10-5/h6-16H2,1-5H3. The van der Waals surface area contributed by atoms with Crippen LogP contribution in [0.5, 0.6) is 0 Å². The molecule has 0 aliphatic rings. The Hall–Kier alpha value is 0.110. The molecule has 0 unspecified atom stereocenters. The Kier molecular flexibility index (Phi) is 12.6. The quantitative estimate of drug-likeness (QED) is 0.320. The third-order valence-corrected chi connectivity index (χ3v) is 5.60. The molecule has 0 rings (SSSR count). The van der Waals surface area contributed by atoms with E-state index in [0.717, 1.165) is 57.8 Å². The third kappa shape index (κ3) is 8.67. The van der Waals surface area contributed by atoms with Crippen LogP contribution in [0.15, 0.2) is 0 Å². The second-order valence-electron chi connectivity index (χ2n) is 5.87. The average molecular weight is 336 g/mol. The molecule has 0 fully saturated rings. The van der Waals surface area contributed by atoms with E-state index >= 15 is 0 Å². The molecular weight excluding hydrogens is 299 g/mol. The summed E-state index contributed by atoms with van der Waals surface area (Å²) in [7, 11) is -3.46. The van der Waals surface area contributed by atoms with Crippen LogP contribution in [0.1, 0.15) is 92.4 Å². The molecule has 0 bridgehead atoms. The number of unbranched alkanes of at least 4 members (excludes halogenated alkanes) is 3. The van der Waals surface area contributed by atoms with Crippen molar-refractivity contribution in [1.82, 2.24) is 0 Å². The summed E-state index contributed by atoms with van der Waals surface area (Å²) in [5.74, 6) is 0. The van der Waals surface area contributed by atoms with E-state index < -0.39 is 7.82 Å². The molecule has 0 aromatic rings. The molecule has 0 amide bonds. The molecular formula is C17H37O4P. The molecule has 0 radical (unpaired) electrons. The van der Waals surface area contributed by atoms with Gasteiger partial charge in [-0.15, -0.1) is 0 Å². The van der Waals surface area contributed by atoms with Gasteiger partial charge in [0.1, 0.15) is 0 Å². The van der Waals surface area contributed by atoms with Gasteiger partial charge in [-0.25, -0.2) is 4.57 Å². The van der Waals surface area contributed by atoms with E-state index in [4.69, 9.17) is 13.6 Å². The number of phosphoric ester groups is 1. The van der Waals surface area contributed by atoms with Gasteiger partial charge in [0.15, 0.2) is 0 Å². The lowest BCUT2D eigenvalue weighted by Gasteiger charge is -2.36. The molecule has 0 aliphatic heterocycles. The van der Waals surface area contributed by atoms with E-state index in [1.807, 2.05) is 13.8 Å². The van der Waals surface area contributed by atoms with Crippen molar-refractivity contribution in [2.24, 2.45) is 0 Å². The fraction of sp³-hybridized carbons (Fsp3) is 1.00. The van der Waals surface area contributed by atoms with Gasteiger partial charge in [-0.3, -0.25) is 13.6 Å². The molecule has 0 saturated heterocycles. The fourth-order valence-electron chi connectivity index (χ4n) is 2.65. The van der Waals surface area contributed by atoms with Crippen LogP contribution in [0.25, 0.3) is 0 Å². The third-order valence-electron chi connectivity index (χ3n) is 3.84. The average Bonchev–Trinajstić information content (AvgIpc) is 2.49. The van der Waals surface area contributed by atoms with Gasteiger partial charge in [-0.1, -0.05) is 59.3 Å². The van der Waals surface area contributed by atoms with Crippen molar-refractivity contribution < 1.29 is 18.1 Å². The largest absolute Gasteiger partial charge is 0.475 e.